The van der Waals surface area contributed by atoms with Crippen LogP contribution in [0.4, 0.5) is 0 Å². The van der Waals surface area contributed by atoms with Crippen molar-refractivity contribution in [1.82, 2.24) is 4.57 Å². The number of methoxy groups -OCH3 is 2. The van der Waals surface area contributed by atoms with E-state index in [0.717, 1.165) is 5.56 Å². The molecular weight excluding hydrogens is 364 g/mol. The van der Waals surface area contributed by atoms with Crippen molar-refractivity contribution in [2.75, 3.05) is 14.2 Å². The second-order valence-corrected chi connectivity index (χ2v) is 6.19. The topological polar surface area (TPSA) is 52.8 Å². The zero-order chi connectivity index (χ0) is 19.2. The zero-order valence-electron chi connectivity index (χ0n) is 15.1. The summed E-state index contributed by atoms with van der Waals surface area (Å²) in [6, 6.07) is 18.6. The molecule has 0 radical (unpaired) electrons. The van der Waals surface area contributed by atoms with E-state index >= 15 is 0 Å². The summed E-state index contributed by atoms with van der Waals surface area (Å²) in [6.45, 7) is 0.612. The number of carbonyl (C=O) groups excluding carboxylic acids is 1. The fourth-order valence-corrected chi connectivity index (χ4v) is 2.98. The van der Waals surface area contributed by atoms with Gasteiger partial charge in [-0.05, 0) is 29.8 Å². The van der Waals surface area contributed by atoms with Crippen molar-refractivity contribution >= 4 is 17.5 Å². The highest BCUT2D eigenvalue weighted by atomic mass is 35.5. The highest BCUT2D eigenvalue weighted by molar-refractivity contribution is 6.32. The number of ether oxygens (including phenoxy) is 2. The highest BCUT2D eigenvalue weighted by Crippen LogP contribution is 2.36. The second kappa shape index (κ2) is 8.56. The van der Waals surface area contributed by atoms with Crippen molar-refractivity contribution in [1.29, 1.82) is 0 Å². The Balaban J connectivity index is 1.98. The smallest absolute Gasteiger partial charge is 0.279 e. The summed E-state index contributed by atoms with van der Waals surface area (Å²) in [5.74, 6) is 0.356. The molecule has 0 aliphatic rings. The fourth-order valence-electron chi connectivity index (χ4n) is 2.69. The van der Waals surface area contributed by atoms with Crippen LogP contribution in [0, 0.1) is 0 Å². The lowest BCUT2D eigenvalue weighted by Gasteiger charge is -2.10. The molecule has 0 N–H and O–H groups in total. The predicted octanol–water partition coefficient (Wildman–Crippen LogP) is 3.95. The Morgan fingerprint density at radius 2 is 1.78 bits per heavy atom. The molecule has 0 aliphatic carbocycles. The molecule has 1 heterocycles. The molecular formula is C21H19ClN2O3. The van der Waals surface area contributed by atoms with Crippen molar-refractivity contribution in [2.45, 2.75) is 6.54 Å². The van der Waals surface area contributed by atoms with E-state index in [0.29, 0.717) is 34.1 Å². The van der Waals surface area contributed by atoms with Crippen molar-refractivity contribution in [3.05, 3.63) is 88.5 Å². The second-order valence-electron chi connectivity index (χ2n) is 5.78. The lowest BCUT2D eigenvalue weighted by atomic mass is 10.2. The van der Waals surface area contributed by atoms with E-state index in [2.05, 4.69) is 4.99 Å². The first-order valence-corrected chi connectivity index (χ1v) is 8.70. The third-order valence-electron chi connectivity index (χ3n) is 4.01. The molecule has 2 aromatic carbocycles. The molecule has 0 spiro atoms. The van der Waals surface area contributed by atoms with Crippen LogP contribution in [0.25, 0.3) is 0 Å². The van der Waals surface area contributed by atoms with E-state index in [-0.39, 0.29) is 0 Å². The maximum atomic E-state index is 12.7. The molecule has 0 saturated carbocycles. The van der Waals surface area contributed by atoms with Crippen LogP contribution >= 0.6 is 11.6 Å². The molecule has 3 aromatic rings. The minimum Gasteiger partial charge on any atom is -0.493 e. The molecule has 0 saturated heterocycles. The van der Waals surface area contributed by atoms with Gasteiger partial charge < -0.3 is 14.0 Å². The van der Waals surface area contributed by atoms with Gasteiger partial charge in [0.25, 0.3) is 5.91 Å². The van der Waals surface area contributed by atoms with Crippen LogP contribution < -0.4 is 15.0 Å². The van der Waals surface area contributed by atoms with Crippen molar-refractivity contribution in [2.24, 2.45) is 4.99 Å². The minimum atomic E-state index is -0.411. The van der Waals surface area contributed by atoms with Gasteiger partial charge in [0, 0.05) is 18.3 Å². The summed E-state index contributed by atoms with van der Waals surface area (Å²) in [5.41, 5.74) is 2.00. The number of hydrogen-bond acceptors (Lipinski definition) is 3. The van der Waals surface area contributed by atoms with E-state index in [1.807, 2.05) is 53.2 Å². The van der Waals surface area contributed by atoms with Gasteiger partial charge in [-0.1, -0.05) is 48.0 Å². The van der Waals surface area contributed by atoms with Crippen LogP contribution in [0.3, 0.4) is 0 Å². The highest BCUT2D eigenvalue weighted by Gasteiger charge is 2.15. The Morgan fingerprint density at radius 1 is 1.04 bits per heavy atom. The van der Waals surface area contributed by atoms with Crippen molar-refractivity contribution in [3.8, 4) is 11.5 Å². The molecule has 0 bridgehead atoms. The van der Waals surface area contributed by atoms with Crippen molar-refractivity contribution < 1.29 is 14.3 Å². The molecule has 3 rings (SSSR count). The zero-order valence-corrected chi connectivity index (χ0v) is 15.8. The quantitative estimate of drug-likeness (QED) is 0.671. The van der Waals surface area contributed by atoms with Gasteiger partial charge in [0.2, 0.25) is 0 Å². The number of pyridine rings is 1. The van der Waals surface area contributed by atoms with Crippen LogP contribution in [0.1, 0.15) is 15.9 Å². The number of hydrogen-bond donors (Lipinski definition) is 0. The van der Waals surface area contributed by atoms with Gasteiger partial charge in [0.1, 0.15) is 5.49 Å². The predicted molar refractivity (Wildman–Crippen MR) is 104 cm³/mol. The number of rotatable bonds is 5. The summed E-state index contributed by atoms with van der Waals surface area (Å²) < 4.78 is 12.4. The average molecular weight is 383 g/mol. The Bertz CT molecular complexity index is 1010. The largest absolute Gasteiger partial charge is 0.493 e. The normalized spacial score (nSPS) is 11.3. The fraction of sp³-hybridized carbons (Fsp3) is 0.143. The molecule has 1 amide bonds. The van der Waals surface area contributed by atoms with Gasteiger partial charge in [-0.25, -0.2) is 0 Å². The van der Waals surface area contributed by atoms with E-state index < -0.39 is 5.91 Å². The maximum Gasteiger partial charge on any atom is 0.279 e. The number of aromatic nitrogens is 1. The molecule has 138 valence electrons. The Morgan fingerprint density at radius 3 is 2.48 bits per heavy atom. The Hall–Kier alpha value is -3.05. The van der Waals surface area contributed by atoms with E-state index in [1.165, 1.54) is 20.3 Å². The van der Waals surface area contributed by atoms with Gasteiger partial charge in [0.15, 0.2) is 11.5 Å². The lowest BCUT2D eigenvalue weighted by Crippen LogP contribution is -2.22. The monoisotopic (exact) mass is 382 g/mol. The van der Waals surface area contributed by atoms with E-state index in [1.54, 1.807) is 12.1 Å². The van der Waals surface area contributed by atoms with Crippen LogP contribution in [0.5, 0.6) is 11.5 Å². The first kappa shape index (κ1) is 18.7. The molecule has 0 unspecified atom stereocenters. The van der Waals surface area contributed by atoms with Gasteiger partial charge in [-0.15, -0.1) is 0 Å². The number of carbonyl (C=O) groups is 1. The maximum absolute atomic E-state index is 12.7. The van der Waals surface area contributed by atoms with Crippen LogP contribution in [-0.2, 0) is 6.54 Å². The minimum absolute atomic E-state index is 0.292. The Kier molecular flexibility index (Phi) is 5.94. The van der Waals surface area contributed by atoms with Crippen LogP contribution in [0.15, 0.2) is 71.9 Å². The molecule has 0 aliphatic heterocycles. The Labute approximate surface area is 162 Å². The molecule has 0 fully saturated rings. The third kappa shape index (κ3) is 4.38. The molecule has 5 nitrogen and oxygen atoms in total. The standard InChI is InChI=1S/C21H19ClN2O3/c1-26-18-13-16(12-17(22)20(18)27-2)21(25)23-19-10-6-7-11-24(19)14-15-8-4-3-5-9-15/h3-13H,14H2,1-2H3. The molecule has 27 heavy (non-hydrogen) atoms. The van der Waals surface area contributed by atoms with Gasteiger partial charge in [0.05, 0.1) is 19.2 Å². The number of halogens is 1. The first-order valence-electron chi connectivity index (χ1n) is 8.32. The average Bonchev–Trinajstić information content (AvgIpc) is 2.69. The summed E-state index contributed by atoms with van der Waals surface area (Å²) in [4.78, 5) is 17.0. The summed E-state index contributed by atoms with van der Waals surface area (Å²) in [6.07, 6.45) is 1.89. The van der Waals surface area contributed by atoms with Crippen LogP contribution in [0.2, 0.25) is 5.02 Å². The first-order chi connectivity index (χ1) is 13.1. The van der Waals surface area contributed by atoms with E-state index in [4.69, 9.17) is 21.1 Å². The number of benzene rings is 2. The summed E-state index contributed by atoms with van der Waals surface area (Å²) in [7, 11) is 2.98. The van der Waals surface area contributed by atoms with Gasteiger partial charge in [-0.3, -0.25) is 4.79 Å². The molecule has 1 aromatic heterocycles. The van der Waals surface area contributed by atoms with Crippen LogP contribution in [-0.4, -0.2) is 24.7 Å². The molecule has 6 heteroatoms. The number of nitrogens with zero attached hydrogens (tertiary/aromatic N) is 2. The van der Waals surface area contributed by atoms with E-state index in [9.17, 15) is 4.79 Å². The SMILES string of the molecule is COc1cc(C(=O)N=c2ccccn2Cc2ccccc2)cc(Cl)c1OC. The van der Waals surface area contributed by atoms with Crippen molar-refractivity contribution in [3.63, 3.8) is 0 Å². The summed E-state index contributed by atoms with van der Waals surface area (Å²) in [5, 5.41) is 0.292. The lowest BCUT2D eigenvalue weighted by molar-refractivity contribution is 0.0996. The number of amides is 1. The van der Waals surface area contributed by atoms with Gasteiger partial charge >= 0.3 is 0 Å². The van der Waals surface area contributed by atoms with Gasteiger partial charge in [-0.2, -0.15) is 4.99 Å². The third-order valence-corrected chi connectivity index (χ3v) is 4.29. The molecule has 0 atom stereocenters. The summed E-state index contributed by atoms with van der Waals surface area (Å²) >= 11 is 6.19.